The summed E-state index contributed by atoms with van der Waals surface area (Å²) in [6.45, 7) is -0.899. The zero-order valence-corrected chi connectivity index (χ0v) is 7.56. The fourth-order valence-corrected chi connectivity index (χ4v) is 1.15. The maximum Gasteiger partial charge on any atom is 0.281 e. The van der Waals surface area contributed by atoms with Gasteiger partial charge in [-0.15, -0.1) is 16.7 Å². The Kier molecular flexibility index (Phi) is 3.68. The second kappa shape index (κ2) is 4.59. The van der Waals surface area contributed by atoms with Gasteiger partial charge in [-0.25, -0.2) is 22.2 Å². The van der Waals surface area contributed by atoms with Crippen LogP contribution in [0.15, 0.2) is 0 Å². The van der Waals surface area contributed by atoms with Crippen molar-refractivity contribution >= 4 is 11.6 Å². The normalized spacial score (nSPS) is 11.6. The Bertz CT molecular complexity index is 301. The Morgan fingerprint density at radius 2 is 1.93 bits per heavy atom. The molecule has 0 aliphatic rings. The molecule has 0 fully saturated rings. The number of hydrogen-bond donors (Lipinski definition) is 0. The van der Waals surface area contributed by atoms with Crippen LogP contribution in [0, 0.1) is 0 Å². The van der Waals surface area contributed by atoms with Crippen LogP contribution < -0.4 is 0 Å². The number of alkyl halides is 5. The molecule has 1 aromatic rings. The molecule has 0 aliphatic heterocycles. The third-order valence-electron chi connectivity index (χ3n) is 1.49. The van der Waals surface area contributed by atoms with Gasteiger partial charge in [-0.1, -0.05) is 5.21 Å². The van der Waals surface area contributed by atoms with Crippen LogP contribution in [0.25, 0.3) is 0 Å². The predicted octanol–water partition coefficient (Wildman–Crippen LogP) is 2.22. The molecular weight excluding hydrogens is 226 g/mol. The molecule has 0 unspecified atom stereocenters. The Balaban J connectivity index is 2.98. The lowest BCUT2D eigenvalue weighted by atomic mass is 10.3. The minimum Gasteiger partial charge on any atom is -0.237 e. The molecule has 80 valence electrons. The van der Waals surface area contributed by atoms with Gasteiger partial charge in [0.1, 0.15) is 17.9 Å². The average molecular weight is 232 g/mol. The summed E-state index contributed by atoms with van der Waals surface area (Å²) in [6.07, 6.45) is -5.66. The Hall–Kier alpha value is -0.850. The van der Waals surface area contributed by atoms with E-state index in [1.807, 2.05) is 0 Å². The molecule has 1 heterocycles. The van der Waals surface area contributed by atoms with E-state index in [2.05, 4.69) is 10.3 Å². The van der Waals surface area contributed by atoms with E-state index >= 15 is 0 Å². The summed E-state index contributed by atoms with van der Waals surface area (Å²) < 4.78 is 49.0. The fourth-order valence-electron chi connectivity index (χ4n) is 0.956. The summed E-state index contributed by atoms with van der Waals surface area (Å²) in [5.41, 5.74) is -0.803. The molecule has 0 saturated carbocycles. The summed E-state index contributed by atoms with van der Waals surface area (Å²) in [7, 11) is 0. The molecule has 3 nitrogen and oxygen atoms in total. The van der Waals surface area contributed by atoms with Gasteiger partial charge in [-0.05, 0) is 0 Å². The smallest absolute Gasteiger partial charge is 0.237 e. The third-order valence-corrected chi connectivity index (χ3v) is 1.74. The molecule has 8 heteroatoms. The standard InChI is InChI=1S/C6H6ClF4N3/c7-1-3-5(6(10)11)14(13-12-3)2-4(8)9/h4,6H,1-2H2. The van der Waals surface area contributed by atoms with Crippen molar-refractivity contribution in [3.8, 4) is 0 Å². The molecule has 0 spiro atoms. The van der Waals surface area contributed by atoms with Crippen molar-refractivity contribution in [3.63, 3.8) is 0 Å². The summed E-state index contributed by atoms with van der Waals surface area (Å²) in [5.74, 6) is -0.275. The maximum absolute atomic E-state index is 12.4. The first-order valence-electron chi connectivity index (χ1n) is 3.60. The van der Waals surface area contributed by atoms with Crippen LogP contribution in [0.2, 0.25) is 0 Å². The molecule has 14 heavy (non-hydrogen) atoms. The SMILES string of the molecule is FC(F)Cn1nnc(CCl)c1C(F)F. The lowest BCUT2D eigenvalue weighted by Gasteiger charge is -2.04. The number of halogens is 5. The van der Waals surface area contributed by atoms with E-state index < -0.39 is 25.1 Å². The monoisotopic (exact) mass is 231 g/mol. The molecule has 0 atom stereocenters. The van der Waals surface area contributed by atoms with Crippen molar-refractivity contribution in [1.82, 2.24) is 15.0 Å². The lowest BCUT2D eigenvalue weighted by Crippen LogP contribution is -2.12. The zero-order valence-electron chi connectivity index (χ0n) is 6.80. The van der Waals surface area contributed by atoms with Gasteiger partial charge in [0.05, 0.1) is 5.88 Å². The lowest BCUT2D eigenvalue weighted by molar-refractivity contribution is 0.102. The molecule has 1 rings (SSSR count). The van der Waals surface area contributed by atoms with Crippen molar-refractivity contribution in [2.45, 2.75) is 25.3 Å². The fraction of sp³-hybridized carbons (Fsp3) is 0.667. The van der Waals surface area contributed by atoms with E-state index in [4.69, 9.17) is 11.6 Å². The largest absolute Gasteiger partial charge is 0.281 e. The molecule has 0 amide bonds. The molecule has 0 aliphatic carbocycles. The highest BCUT2D eigenvalue weighted by molar-refractivity contribution is 6.16. The van der Waals surface area contributed by atoms with Crippen LogP contribution in [-0.4, -0.2) is 21.4 Å². The van der Waals surface area contributed by atoms with Gasteiger partial charge in [0.2, 0.25) is 0 Å². The van der Waals surface area contributed by atoms with E-state index in [1.54, 1.807) is 0 Å². The molecule has 0 saturated heterocycles. The third kappa shape index (κ3) is 2.34. The molecule has 0 aromatic carbocycles. The Morgan fingerprint density at radius 1 is 1.29 bits per heavy atom. The average Bonchev–Trinajstić information content (AvgIpc) is 2.46. The van der Waals surface area contributed by atoms with Crippen LogP contribution in [0.4, 0.5) is 17.6 Å². The molecule has 0 bridgehead atoms. The summed E-state index contributed by atoms with van der Waals surface area (Å²) in [6, 6.07) is 0. The second-order valence-electron chi connectivity index (χ2n) is 2.43. The van der Waals surface area contributed by atoms with Gasteiger partial charge in [0.25, 0.3) is 12.9 Å². The van der Waals surface area contributed by atoms with Gasteiger partial charge in [-0.3, -0.25) is 0 Å². The number of nitrogens with zero attached hydrogens (tertiary/aromatic N) is 3. The number of aromatic nitrogens is 3. The summed E-state index contributed by atoms with van der Waals surface area (Å²) in [4.78, 5) is 0. The minimum absolute atomic E-state index is 0.165. The van der Waals surface area contributed by atoms with Crippen molar-refractivity contribution in [1.29, 1.82) is 0 Å². The maximum atomic E-state index is 12.4. The predicted molar refractivity (Wildman–Crippen MR) is 40.5 cm³/mol. The number of hydrogen-bond acceptors (Lipinski definition) is 2. The van der Waals surface area contributed by atoms with Gasteiger partial charge < -0.3 is 0 Å². The topological polar surface area (TPSA) is 30.7 Å². The summed E-state index contributed by atoms with van der Waals surface area (Å²) >= 11 is 5.29. The van der Waals surface area contributed by atoms with Gasteiger partial charge in [0.15, 0.2) is 0 Å². The van der Waals surface area contributed by atoms with Crippen LogP contribution in [0.5, 0.6) is 0 Å². The van der Waals surface area contributed by atoms with Crippen LogP contribution in [0.1, 0.15) is 17.8 Å². The van der Waals surface area contributed by atoms with E-state index in [1.165, 1.54) is 0 Å². The quantitative estimate of drug-likeness (QED) is 0.588. The molecule has 0 radical (unpaired) electrons. The molecule has 1 aromatic heterocycles. The number of rotatable bonds is 4. The summed E-state index contributed by atoms with van der Waals surface area (Å²) in [5, 5.41) is 6.45. The van der Waals surface area contributed by atoms with Crippen molar-refractivity contribution in [2.24, 2.45) is 0 Å². The first-order chi connectivity index (χ1) is 6.56. The zero-order chi connectivity index (χ0) is 10.7. The highest BCUT2D eigenvalue weighted by Gasteiger charge is 2.22. The van der Waals surface area contributed by atoms with E-state index in [-0.39, 0.29) is 11.6 Å². The molecular formula is C6H6ClF4N3. The Morgan fingerprint density at radius 3 is 2.36 bits per heavy atom. The molecule has 0 N–H and O–H groups in total. The van der Waals surface area contributed by atoms with Crippen LogP contribution in [0.3, 0.4) is 0 Å². The van der Waals surface area contributed by atoms with Gasteiger partial charge in [0, 0.05) is 0 Å². The highest BCUT2D eigenvalue weighted by atomic mass is 35.5. The van der Waals surface area contributed by atoms with Gasteiger partial charge >= 0.3 is 0 Å². The second-order valence-corrected chi connectivity index (χ2v) is 2.70. The minimum atomic E-state index is -2.91. The Labute approximate surface area is 81.7 Å². The van der Waals surface area contributed by atoms with Crippen LogP contribution >= 0.6 is 11.6 Å². The van der Waals surface area contributed by atoms with Crippen molar-refractivity contribution < 1.29 is 17.6 Å². The van der Waals surface area contributed by atoms with Crippen molar-refractivity contribution in [3.05, 3.63) is 11.4 Å². The van der Waals surface area contributed by atoms with E-state index in [9.17, 15) is 17.6 Å². The van der Waals surface area contributed by atoms with E-state index in [0.717, 1.165) is 0 Å². The van der Waals surface area contributed by atoms with Crippen LogP contribution in [-0.2, 0) is 12.4 Å². The first kappa shape index (κ1) is 11.2. The van der Waals surface area contributed by atoms with E-state index in [0.29, 0.717) is 4.68 Å². The van der Waals surface area contributed by atoms with Gasteiger partial charge in [-0.2, -0.15) is 0 Å². The first-order valence-corrected chi connectivity index (χ1v) is 4.14. The van der Waals surface area contributed by atoms with Crippen molar-refractivity contribution in [2.75, 3.05) is 0 Å². The highest BCUT2D eigenvalue weighted by Crippen LogP contribution is 2.22.